The van der Waals surface area contributed by atoms with Crippen molar-refractivity contribution in [2.24, 2.45) is 5.92 Å². The van der Waals surface area contributed by atoms with Crippen molar-refractivity contribution in [3.8, 4) is 17.6 Å². The average molecular weight is 383 g/mol. The van der Waals surface area contributed by atoms with Crippen molar-refractivity contribution in [2.45, 2.75) is 12.5 Å². The van der Waals surface area contributed by atoms with Gasteiger partial charge < -0.3 is 9.47 Å². The number of esters is 1. The highest BCUT2D eigenvalue weighted by Crippen LogP contribution is 2.30. The van der Waals surface area contributed by atoms with Gasteiger partial charge in [-0.25, -0.2) is 8.78 Å². The third kappa shape index (κ3) is 3.85. The SMILES string of the molecule is COC(=O)C1CN(C2COc3cc(C#Cc4cc(F)cc(F)c4)ccc3C2)C1. The van der Waals surface area contributed by atoms with Crippen molar-refractivity contribution >= 4 is 5.97 Å². The van der Waals surface area contributed by atoms with Gasteiger partial charge in [0.1, 0.15) is 24.0 Å². The number of ether oxygens (including phenoxy) is 2. The fourth-order valence-electron chi connectivity index (χ4n) is 3.57. The van der Waals surface area contributed by atoms with E-state index in [2.05, 4.69) is 16.7 Å². The van der Waals surface area contributed by atoms with Gasteiger partial charge in [-0.15, -0.1) is 0 Å². The molecule has 2 aromatic carbocycles. The predicted molar refractivity (Wildman–Crippen MR) is 98.8 cm³/mol. The number of likely N-dealkylation sites (tertiary alicyclic amines) is 1. The summed E-state index contributed by atoms with van der Waals surface area (Å²) in [6.07, 6.45) is 0.839. The maximum absolute atomic E-state index is 13.2. The smallest absolute Gasteiger partial charge is 0.311 e. The highest BCUT2D eigenvalue weighted by molar-refractivity contribution is 5.73. The van der Waals surface area contributed by atoms with Crippen LogP contribution in [0.1, 0.15) is 16.7 Å². The summed E-state index contributed by atoms with van der Waals surface area (Å²) < 4.78 is 37.2. The fourth-order valence-corrected chi connectivity index (χ4v) is 3.57. The number of carbonyl (C=O) groups excluding carboxylic acids is 1. The molecule has 2 heterocycles. The Morgan fingerprint density at radius 2 is 1.82 bits per heavy atom. The largest absolute Gasteiger partial charge is 0.492 e. The molecule has 1 fully saturated rings. The summed E-state index contributed by atoms with van der Waals surface area (Å²) in [6, 6.07) is 9.15. The van der Waals surface area contributed by atoms with Crippen LogP contribution in [-0.2, 0) is 16.0 Å². The number of benzene rings is 2. The molecular formula is C22H19F2NO3. The van der Waals surface area contributed by atoms with Crippen molar-refractivity contribution in [1.29, 1.82) is 0 Å². The van der Waals surface area contributed by atoms with Gasteiger partial charge in [-0.05, 0) is 36.2 Å². The van der Waals surface area contributed by atoms with E-state index in [4.69, 9.17) is 9.47 Å². The van der Waals surface area contributed by atoms with Crippen molar-refractivity contribution in [2.75, 3.05) is 26.8 Å². The molecule has 0 radical (unpaired) electrons. The summed E-state index contributed by atoms with van der Waals surface area (Å²) in [5.41, 5.74) is 2.09. The van der Waals surface area contributed by atoms with Gasteiger partial charge in [-0.2, -0.15) is 0 Å². The predicted octanol–water partition coefficient (Wildman–Crippen LogP) is 2.77. The second-order valence-electron chi connectivity index (χ2n) is 7.07. The highest BCUT2D eigenvalue weighted by Gasteiger charge is 2.38. The molecule has 1 atom stereocenters. The van der Waals surface area contributed by atoms with Gasteiger partial charge in [0.25, 0.3) is 0 Å². The molecule has 0 saturated carbocycles. The maximum Gasteiger partial charge on any atom is 0.311 e. The Bertz CT molecular complexity index is 953. The second kappa shape index (κ2) is 7.61. The first-order valence-corrected chi connectivity index (χ1v) is 9.07. The Morgan fingerprint density at radius 3 is 2.54 bits per heavy atom. The van der Waals surface area contributed by atoms with E-state index in [0.29, 0.717) is 19.7 Å². The molecule has 0 spiro atoms. The standard InChI is InChI=1S/C22H19F2NO3/c1-27-22(26)17-11-25(12-17)20-9-16-5-4-14(8-21(16)28-13-20)2-3-15-6-18(23)10-19(24)7-15/h4-8,10,17,20H,9,11-13H2,1H3. The molecule has 2 aliphatic heterocycles. The zero-order chi connectivity index (χ0) is 19.7. The molecule has 1 saturated heterocycles. The van der Waals surface area contributed by atoms with E-state index in [9.17, 15) is 13.6 Å². The van der Waals surface area contributed by atoms with Gasteiger partial charge in [-0.1, -0.05) is 17.9 Å². The lowest BCUT2D eigenvalue weighted by atomic mass is 9.93. The van der Waals surface area contributed by atoms with E-state index in [0.717, 1.165) is 29.4 Å². The Labute approximate surface area is 162 Å². The molecule has 0 aromatic heterocycles. The molecule has 2 aliphatic rings. The van der Waals surface area contributed by atoms with Gasteiger partial charge in [0.2, 0.25) is 0 Å². The summed E-state index contributed by atoms with van der Waals surface area (Å²) in [5.74, 6) is 4.98. The van der Waals surface area contributed by atoms with Crippen LogP contribution in [0, 0.1) is 29.4 Å². The van der Waals surface area contributed by atoms with Crippen LogP contribution in [0.4, 0.5) is 8.78 Å². The zero-order valence-electron chi connectivity index (χ0n) is 15.4. The highest BCUT2D eigenvalue weighted by atomic mass is 19.1. The number of nitrogens with zero attached hydrogens (tertiary/aromatic N) is 1. The number of carbonyl (C=O) groups is 1. The van der Waals surface area contributed by atoms with E-state index >= 15 is 0 Å². The Kier molecular flexibility index (Phi) is 5.01. The topological polar surface area (TPSA) is 38.8 Å². The van der Waals surface area contributed by atoms with Gasteiger partial charge in [0.15, 0.2) is 0 Å². The lowest BCUT2D eigenvalue weighted by Crippen LogP contribution is -2.57. The third-order valence-electron chi connectivity index (χ3n) is 5.13. The molecule has 1 unspecified atom stereocenters. The molecule has 6 heteroatoms. The molecule has 4 rings (SSSR count). The maximum atomic E-state index is 13.2. The third-order valence-corrected chi connectivity index (χ3v) is 5.13. The minimum atomic E-state index is -0.649. The van der Waals surface area contributed by atoms with Crippen LogP contribution in [0.15, 0.2) is 36.4 Å². The normalized spacial score (nSPS) is 18.9. The molecule has 4 nitrogen and oxygen atoms in total. The van der Waals surface area contributed by atoms with Crippen molar-refractivity contribution < 1.29 is 23.0 Å². The van der Waals surface area contributed by atoms with Crippen molar-refractivity contribution in [3.05, 3.63) is 64.7 Å². The van der Waals surface area contributed by atoms with Gasteiger partial charge in [0.05, 0.1) is 13.0 Å². The number of hydrogen-bond acceptors (Lipinski definition) is 4. The number of rotatable bonds is 2. The summed E-state index contributed by atoms with van der Waals surface area (Å²) >= 11 is 0. The molecule has 2 aromatic rings. The van der Waals surface area contributed by atoms with Gasteiger partial charge in [0, 0.05) is 36.3 Å². The molecule has 0 bridgehead atoms. The number of fused-ring (bicyclic) bond motifs is 1. The summed E-state index contributed by atoms with van der Waals surface area (Å²) in [6.45, 7) is 1.94. The molecule has 0 amide bonds. The molecule has 0 N–H and O–H groups in total. The minimum Gasteiger partial charge on any atom is -0.492 e. The average Bonchev–Trinajstić information content (AvgIpc) is 2.64. The Balaban J connectivity index is 1.42. The number of halogens is 2. The van der Waals surface area contributed by atoms with Crippen LogP contribution < -0.4 is 4.74 Å². The zero-order valence-corrected chi connectivity index (χ0v) is 15.4. The molecule has 28 heavy (non-hydrogen) atoms. The van der Waals surface area contributed by atoms with Crippen LogP contribution in [0.5, 0.6) is 5.75 Å². The first-order valence-electron chi connectivity index (χ1n) is 9.07. The Hall–Kier alpha value is -2.91. The van der Waals surface area contributed by atoms with E-state index in [1.807, 2.05) is 18.2 Å². The van der Waals surface area contributed by atoms with Crippen LogP contribution >= 0.6 is 0 Å². The quantitative estimate of drug-likeness (QED) is 0.591. The summed E-state index contributed by atoms with van der Waals surface area (Å²) in [7, 11) is 1.41. The van der Waals surface area contributed by atoms with Gasteiger partial charge >= 0.3 is 5.97 Å². The van der Waals surface area contributed by atoms with E-state index in [1.165, 1.54) is 19.2 Å². The van der Waals surface area contributed by atoms with Crippen molar-refractivity contribution in [3.63, 3.8) is 0 Å². The first-order chi connectivity index (χ1) is 13.5. The lowest BCUT2D eigenvalue weighted by Gasteiger charge is -2.44. The summed E-state index contributed by atoms with van der Waals surface area (Å²) in [5, 5.41) is 0. The molecular weight excluding hydrogens is 364 g/mol. The molecule has 0 aliphatic carbocycles. The van der Waals surface area contributed by atoms with E-state index in [-0.39, 0.29) is 23.5 Å². The van der Waals surface area contributed by atoms with Crippen LogP contribution in [-0.4, -0.2) is 43.7 Å². The number of hydrogen-bond donors (Lipinski definition) is 0. The minimum absolute atomic E-state index is 0.0447. The fraction of sp³-hybridized carbons (Fsp3) is 0.318. The summed E-state index contributed by atoms with van der Waals surface area (Å²) in [4.78, 5) is 13.8. The van der Waals surface area contributed by atoms with Crippen LogP contribution in [0.25, 0.3) is 0 Å². The van der Waals surface area contributed by atoms with E-state index < -0.39 is 11.6 Å². The van der Waals surface area contributed by atoms with Crippen LogP contribution in [0.3, 0.4) is 0 Å². The molecule has 144 valence electrons. The van der Waals surface area contributed by atoms with Crippen molar-refractivity contribution in [1.82, 2.24) is 4.90 Å². The first kappa shape index (κ1) is 18.5. The lowest BCUT2D eigenvalue weighted by molar-refractivity contribution is -0.153. The van der Waals surface area contributed by atoms with E-state index in [1.54, 1.807) is 0 Å². The Morgan fingerprint density at radius 1 is 1.11 bits per heavy atom. The monoisotopic (exact) mass is 383 g/mol. The second-order valence-corrected chi connectivity index (χ2v) is 7.07. The van der Waals surface area contributed by atoms with Crippen LogP contribution in [0.2, 0.25) is 0 Å². The number of methoxy groups -OCH3 is 1. The van der Waals surface area contributed by atoms with Gasteiger partial charge in [-0.3, -0.25) is 9.69 Å².